The lowest BCUT2D eigenvalue weighted by molar-refractivity contribution is -0.141. The minimum absolute atomic E-state index is 0.0138. The van der Waals surface area contributed by atoms with E-state index in [1.54, 1.807) is 0 Å². The largest absolute Gasteiger partial charge is 0.480 e. The van der Waals surface area contributed by atoms with Crippen LogP contribution in [0, 0.1) is 0 Å². The summed E-state index contributed by atoms with van der Waals surface area (Å²) in [6.45, 7) is 1.68. The van der Waals surface area contributed by atoms with E-state index in [1.165, 1.54) is 18.9 Å². The summed E-state index contributed by atoms with van der Waals surface area (Å²) < 4.78 is 0. The summed E-state index contributed by atoms with van der Waals surface area (Å²) in [5.41, 5.74) is 0. The number of carbonyl (C=O) groups is 2. The van der Waals surface area contributed by atoms with Crippen molar-refractivity contribution < 1.29 is 24.9 Å². The Morgan fingerprint density at radius 1 is 1.53 bits per heavy atom. The Morgan fingerprint density at radius 2 is 2.12 bits per heavy atom. The summed E-state index contributed by atoms with van der Waals surface area (Å²) in [5, 5.41) is 27.5. The van der Waals surface area contributed by atoms with Gasteiger partial charge in [-0.3, -0.25) is 0 Å². The SMILES string of the molecule is CC(O)CN(C)C(=O)N1C[C@H](O)C[C@H]1C(=O)O. The van der Waals surface area contributed by atoms with Crippen LogP contribution in [0.5, 0.6) is 0 Å². The molecule has 1 unspecified atom stereocenters. The summed E-state index contributed by atoms with van der Waals surface area (Å²) >= 11 is 0. The Bertz CT molecular complexity index is 307. The van der Waals surface area contributed by atoms with Crippen LogP contribution < -0.4 is 0 Å². The van der Waals surface area contributed by atoms with Crippen molar-refractivity contribution in [2.75, 3.05) is 20.1 Å². The summed E-state index contributed by atoms with van der Waals surface area (Å²) in [5.74, 6) is -1.12. The molecular weight excluding hydrogens is 228 g/mol. The fourth-order valence-electron chi connectivity index (χ4n) is 1.95. The number of carboxylic acid groups (broad SMARTS) is 1. The molecule has 7 nitrogen and oxygen atoms in total. The van der Waals surface area contributed by atoms with Gasteiger partial charge in [0.25, 0.3) is 0 Å². The highest BCUT2D eigenvalue weighted by Gasteiger charge is 2.40. The molecule has 17 heavy (non-hydrogen) atoms. The van der Waals surface area contributed by atoms with Gasteiger partial charge < -0.3 is 25.1 Å². The molecule has 1 rings (SSSR count). The normalized spacial score (nSPS) is 25.8. The maximum absolute atomic E-state index is 11.9. The van der Waals surface area contributed by atoms with Crippen molar-refractivity contribution in [1.82, 2.24) is 9.80 Å². The number of likely N-dealkylation sites (tertiary alicyclic amines) is 1. The highest BCUT2D eigenvalue weighted by molar-refractivity contribution is 5.83. The van der Waals surface area contributed by atoms with Crippen LogP contribution in [-0.2, 0) is 4.79 Å². The van der Waals surface area contributed by atoms with Crippen LogP contribution >= 0.6 is 0 Å². The number of β-amino-alcohol motifs (C(OH)–C–C–N with tert-alkyl or cyclic N) is 1. The number of amides is 2. The van der Waals surface area contributed by atoms with Gasteiger partial charge in [0.2, 0.25) is 0 Å². The van der Waals surface area contributed by atoms with Crippen LogP contribution in [0.25, 0.3) is 0 Å². The molecule has 1 fully saturated rings. The minimum Gasteiger partial charge on any atom is -0.480 e. The van der Waals surface area contributed by atoms with Gasteiger partial charge in [-0.1, -0.05) is 0 Å². The van der Waals surface area contributed by atoms with Crippen molar-refractivity contribution >= 4 is 12.0 Å². The number of hydrogen-bond donors (Lipinski definition) is 3. The third-order valence-corrected chi connectivity index (χ3v) is 2.67. The molecule has 2 amide bonds. The topological polar surface area (TPSA) is 101 Å². The summed E-state index contributed by atoms with van der Waals surface area (Å²) in [6, 6.07) is -1.48. The number of carboxylic acids is 1. The standard InChI is InChI=1S/C10H18N2O5/c1-6(13)4-11(2)10(17)12-5-7(14)3-8(12)9(15)16/h6-8,13-14H,3-5H2,1-2H3,(H,15,16)/t6?,7-,8+/m1/s1. The monoisotopic (exact) mass is 246 g/mol. The molecule has 1 aliphatic heterocycles. The highest BCUT2D eigenvalue weighted by atomic mass is 16.4. The lowest BCUT2D eigenvalue weighted by Crippen LogP contribution is -2.48. The number of nitrogens with zero attached hydrogens (tertiary/aromatic N) is 2. The van der Waals surface area contributed by atoms with E-state index in [0.717, 1.165) is 4.90 Å². The number of aliphatic hydroxyl groups excluding tert-OH is 2. The number of aliphatic hydroxyl groups is 2. The van der Waals surface area contributed by atoms with E-state index in [4.69, 9.17) is 10.2 Å². The number of hydrogen-bond acceptors (Lipinski definition) is 4. The lowest BCUT2D eigenvalue weighted by atomic mass is 10.2. The molecule has 3 N–H and O–H groups in total. The van der Waals surface area contributed by atoms with Crippen molar-refractivity contribution in [2.24, 2.45) is 0 Å². The molecule has 0 saturated carbocycles. The van der Waals surface area contributed by atoms with Crippen molar-refractivity contribution in [1.29, 1.82) is 0 Å². The van der Waals surface area contributed by atoms with Crippen molar-refractivity contribution in [3.8, 4) is 0 Å². The molecule has 0 bridgehead atoms. The predicted octanol–water partition coefficient (Wildman–Crippen LogP) is -1.06. The van der Waals surface area contributed by atoms with Gasteiger partial charge in [0.15, 0.2) is 0 Å². The summed E-state index contributed by atoms with van der Waals surface area (Å²) in [6.07, 6.45) is -1.44. The van der Waals surface area contributed by atoms with E-state index in [2.05, 4.69) is 0 Å². The third-order valence-electron chi connectivity index (χ3n) is 2.67. The van der Waals surface area contributed by atoms with Gasteiger partial charge in [0, 0.05) is 26.6 Å². The van der Waals surface area contributed by atoms with Gasteiger partial charge in [-0.15, -0.1) is 0 Å². The molecule has 0 aromatic carbocycles. The number of urea groups is 1. The van der Waals surface area contributed by atoms with Crippen LogP contribution in [0.4, 0.5) is 4.79 Å². The first-order valence-corrected chi connectivity index (χ1v) is 5.43. The predicted molar refractivity (Wildman–Crippen MR) is 58.5 cm³/mol. The van der Waals surface area contributed by atoms with Gasteiger partial charge in [0.05, 0.1) is 12.2 Å². The van der Waals surface area contributed by atoms with E-state index >= 15 is 0 Å². The second-order valence-electron chi connectivity index (χ2n) is 4.41. The number of carbonyl (C=O) groups excluding carboxylic acids is 1. The molecule has 3 atom stereocenters. The molecule has 0 aliphatic carbocycles. The zero-order valence-electron chi connectivity index (χ0n) is 9.91. The maximum atomic E-state index is 11.9. The van der Waals surface area contributed by atoms with Crippen LogP contribution in [0.2, 0.25) is 0 Å². The van der Waals surface area contributed by atoms with Crippen molar-refractivity contribution in [2.45, 2.75) is 31.6 Å². The van der Waals surface area contributed by atoms with E-state index < -0.39 is 30.3 Å². The molecule has 0 spiro atoms. The molecular formula is C10H18N2O5. The van der Waals surface area contributed by atoms with Crippen molar-refractivity contribution in [3.05, 3.63) is 0 Å². The molecule has 0 aromatic heterocycles. The van der Waals surface area contributed by atoms with Gasteiger partial charge in [-0.2, -0.15) is 0 Å². The van der Waals surface area contributed by atoms with E-state index in [0.29, 0.717) is 0 Å². The molecule has 1 aliphatic rings. The van der Waals surface area contributed by atoms with Gasteiger partial charge in [-0.05, 0) is 6.92 Å². The third kappa shape index (κ3) is 3.31. The Kier molecular flexibility index (Phi) is 4.30. The molecule has 7 heteroatoms. The number of likely N-dealkylation sites (N-methyl/N-ethyl adjacent to an activating group) is 1. The van der Waals surface area contributed by atoms with Crippen LogP contribution in [0.1, 0.15) is 13.3 Å². The Morgan fingerprint density at radius 3 is 2.59 bits per heavy atom. The van der Waals surface area contributed by atoms with Gasteiger partial charge in [0.1, 0.15) is 6.04 Å². The average Bonchev–Trinajstić information content (AvgIpc) is 2.58. The molecule has 1 heterocycles. The second-order valence-corrected chi connectivity index (χ2v) is 4.41. The van der Waals surface area contributed by atoms with E-state index in [9.17, 15) is 14.7 Å². The van der Waals surface area contributed by atoms with Gasteiger partial charge in [-0.25, -0.2) is 9.59 Å². The minimum atomic E-state index is -1.12. The fourth-order valence-corrected chi connectivity index (χ4v) is 1.95. The quantitative estimate of drug-likeness (QED) is 0.589. The van der Waals surface area contributed by atoms with Crippen molar-refractivity contribution in [3.63, 3.8) is 0 Å². The first kappa shape index (κ1) is 13.7. The summed E-state index contributed by atoms with van der Waals surface area (Å²) in [4.78, 5) is 25.2. The second kappa shape index (κ2) is 5.33. The Hall–Kier alpha value is -1.34. The molecule has 98 valence electrons. The number of aliphatic carboxylic acids is 1. The first-order valence-electron chi connectivity index (χ1n) is 5.43. The highest BCUT2D eigenvalue weighted by Crippen LogP contribution is 2.19. The van der Waals surface area contributed by atoms with Crippen LogP contribution in [-0.4, -0.2) is 75.5 Å². The van der Waals surface area contributed by atoms with Crippen LogP contribution in [0.15, 0.2) is 0 Å². The lowest BCUT2D eigenvalue weighted by Gasteiger charge is -2.28. The van der Waals surface area contributed by atoms with E-state index in [-0.39, 0.29) is 19.5 Å². The van der Waals surface area contributed by atoms with Gasteiger partial charge >= 0.3 is 12.0 Å². The summed E-state index contributed by atoms with van der Waals surface area (Å²) in [7, 11) is 1.48. The fraction of sp³-hybridized carbons (Fsp3) is 0.800. The molecule has 0 radical (unpaired) electrons. The first-order chi connectivity index (χ1) is 7.82. The average molecular weight is 246 g/mol. The Labute approximate surface area is 99.2 Å². The zero-order valence-corrected chi connectivity index (χ0v) is 9.91. The molecule has 0 aromatic rings. The van der Waals surface area contributed by atoms with Crippen LogP contribution in [0.3, 0.4) is 0 Å². The smallest absolute Gasteiger partial charge is 0.326 e. The zero-order chi connectivity index (χ0) is 13.2. The molecule has 1 saturated heterocycles. The maximum Gasteiger partial charge on any atom is 0.326 e. The van der Waals surface area contributed by atoms with E-state index in [1.807, 2.05) is 0 Å². The number of rotatable bonds is 3. The Balaban J connectivity index is 2.70.